The minimum atomic E-state index is 0.604. The normalized spacial score (nSPS) is 9.08. The van der Waals surface area contributed by atoms with Gasteiger partial charge in [-0.15, -0.1) is 0 Å². The van der Waals surface area contributed by atoms with Gasteiger partial charge in [-0.05, 0) is 42.6 Å². The Morgan fingerprint density at radius 1 is 1.38 bits per heavy atom. The maximum Gasteiger partial charge on any atom is 0.150 e. The Hall–Kier alpha value is -1.80. The van der Waals surface area contributed by atoms with E-state index in [1.54, 1.807) is 12.1 Å². The van der Waals surface area contributed by atoms with E-state index in [0.29, 0.717) is 11.3 Å². The van der Waals surface area contributed by atoms with Crippen LogP contribution in [0.4, 0.5) is 5.69 Å². The summed E-state index contributed by atoms with van der Waals surface area (Å²) in [4.78, 5) is 13.2. The van der Waals surface area contributed by atoms with E-state index in [0.717, 1.165) is 17.4 Å². The van der Waals surface area contributed by atoms with Crippen LogP contribution in [-0.4, -0.2) is 6.29 Å². The first kappa shape index (κ1) is 9.29. The lowest BCUT2D eigenvalue weighted by Crippen LogP contribution is -1.85. The predicted molar refractivity (Wildman–Crippen MR) is 50.1 cm³/mol. The third-order valence-electron chi connectivity index (χ3n) is 1.79. The maximum absolute atomic E-state index is 10.5. The number of azide groups is 1. The van der Waals surface area contributed by atoms with Crippen LogP contribution in [0.5, 0.6) is 0 Å². The molecule has 0 aliphatic rings. The second-order valence-corrected chi connectivity index (χ2v) is 2.81. The van der Waals surface area contributed by atoms with Crippen molar-refractivity contribution in [2.24, 2.45) is 5.11 Å². The number of nitrogens with zero attached hydrogens (tertiary/aromatic N) is 3. The Labute approximate surface area is 75.8 Å². The monoisotopic (exact) mass is 175 g/mol. The molecular weight excluding hydrogens is 166 g/mol. The molecule has 0 aliphatic carbocycles. The molecule has 1 aromatic carbocycles. The van der Waals surface area contributed by atoms with Crippen LogP contribution < -0.4 is 0 Å². The number of benzene rings is 1. The first-order chi connectivity index (χ1) is 6.19. The number of aryl methyl sites for hydroxylation is 2. The molecule has 0 saturated heterocycles. The van der Waals surface area contributed by atoms with E-state index in [4.69, 9.17) is 5.53 Å². The summed E-state index contributed by atoms with van der Waals surface area (Å²) in [6.07, 6.45) is 0.778. The van der Waals surface area contributed by atoms with Gasteiger partial charge in [0.15, 0.2) is 0 Å². The summed E-state index contributed by atoms with van der Waals surface area (Å²) in [7, 11) is 0. The van der Waals surface area contributed by atoms with Crippen molar-refractivity contribution >= 4 is 12.0 Å². The summed E-state index contributed by atoms with van der Waals surface area (Å²) in [5.41, 5.74) is 11.1. The molecule has 0 aromatic heterocycles. The molecule has 0 bridgehead atoms. The second kappa shape index (κ2) is 3.74. The Balaban J connectivity index is 3.38. The SMILES string of the molecule is Cc1cc(C=O)cc(C)c1N=[N+]=[N-]. The topological polar surface area (TPSA) is 65.8 Å². The summed E-state index contributed by atoms with van der Waals surface area (Å²) >= 11 is 0. The number of hydrogen-bond donors (Lipinski definition) is 0. The first-order valence-corrected chi connectivity index (χ1v) is 3.80. The van der Waals surface area contributed by atoms with Gasteiger partial charge < -0.3 is 0 Å². The van der Waals surface area contributed by atoms with Gasteiger partial charge in [0, 0.05) is 16.2 Å². The summed E-state index contributed by atoms with van der Waals surface area (Å²) in [5.74, 6) is 0. The van der Waals surface area contributed by atoms with Gasteiger partial charge in [0.05, 0.1) is 0 Å². The smallest absolute Gasteiger partial charge is 0.150 e. The molecule has 1 aromatic rings. The fourth-order valence-corrected chi connectivity index (χ4v) is 1.26. The molecule has 13 heavy (non-hydrogen) atoms. The molecule has 4 nitrogen and oxygen atoms in total. The zero-order valence-electron chi connectivity index (χ0n) is 7.48. The van der Waals surface area contributed by atoms with E-state index in [1.807, 2.05) is 13.8 Å². The molecule has 0 radical (unpaired) electrons. The van der Waals surface area contributed by atoms with Crippen molar-refractivity contribution < 1.29 is 4.79 Å². The van der Waals surface area contributed by atoms with Crippen LogP contribution >= 0.6 is 0 Å². The Bertz CT molecular complexity index is 369. The third kappa shape index (κ3) is 1.86. The third-order valence-corrected chi connectivity index (χ3v) is 1.79. The van der Waals surface area contributed by atoms with Gasteiger partial charge in [-0.25, -0.2) is 0 Å². The molecule has 0 amide bonds. The predicted octanol–water partition coefficient (Wildman–Crippen LogP) is 3.06. The van der Waals surface area contributed by atoms with Crippen LogP contribution in [0.25, 0.3) is 10.4 Å². The van der Waals surface area contributed by atoms with Crippen LogP contribution in [0.2, 0.25) is 0 Å². The highest BCUT2D eigenvalue weighted by Gasteiger charge is 2.01. The van der Waals surface area contributed by atoms with E-state index >= 15 is 0 Å². The van der Waals surface area contributed by atoms with E-state index in [2.05, 4.69) is 10.0 Å². The minimum Gasteiger partial charge on any atom is -0.298 e. The van der Waals surface area contributed by atoms with Gasteiger partial charge in [-0.1, -0.05) is 5.11 Å². The van der Waals surface area contributed by atoms with Crippen molar-refractivity contribution in [3.05, 3.63) is 39.3 Å². The fraction of sp³-hybridized carbons (Fsp3) is 0.222. The molecule has 66 valence electrons. The van der Waals surface area contributed by atoms with Gasteiger partial charge >= 0.3 is 0 Å². The standard InChI is InChI=1S/C9H9N3O/c1-6-3-8(5-13)4-7(2)9(6)11-12-10/h3-5H,1-2H3. The maximum atomic E-state index is 10.5. The van der Waals surface area contributed by atoms with Crippen LogP contribution in [0.1, 0.15) is 21.5 Å². The highest BCUT2D eigenvalue weighted by molar-refractivity contribution is 5.77. The molecule has 0 N–H and O–H groups in total. The highest BCUT2D eigenvalue weighted by atomic mass is 16.1. The van der Waals surface area contributed by atoms with Crippen LogP contribution in [0.3, 0.4) is 0 Å². The van der Waals surface area contributed by atoms with Gasteiger partial charge in [0.1, 0.15) is 6.29 Å². The lowest BCUT2D eigenvalue weighted by Gasteiger charge is -2.03. The molecule has 4 heteroatoms. The summed E-state index contributed by atoms with van der Waals surface area (Å²) in [6.45, 7) is 3.62. The van der Waals surface area contributed by atoms with Crippen molar-refractivity contribution in [3.63, 3.8) is 0 Å². The lowest BCUT2D eigenvalue weighted by molar-refractivity contribution is 0.112. The molecular formula is C9H9N3O. The average Bonchev–Trinajstić information content (AvgIpc) is 2.11. The molecule has 0 fully saturated rings. The number of aldehydes is 1. The molecule has 0 atom stereocenters. The molecule has 1 rings (SSSR count). The molecule has 0 aliphatic heterocycles. The van der Waals surface area contributed by atoms with E-state index in [-0.39, 0.29) is 0 Å². The number of hydrogen-bond acceptors (Lipinski definition) is 2. The van der Waals surface area contributed by atoms with Crippen LogP contribution in [0.15, 0.2) is 17.2 Å². The van der Waals surface area contributed by atoms with Gasteiger partial charge in [-0.3, -0.25) is 4.79 Å². The minimum absolute atomic E-state index is 0.604. The number of carbonyl (C=O) groups is 1. The van der Waals surface area contributed by atoms with Crippen molar-refractivity contribution in [2.45, 2.75) is 13.8 Å². The molecule has 0 heterocycles. The van der Waals surface area contributed by atoms with E-state index in [1.165, 1.54) is 0 Å². The van der Waals surface area contributed by atoms with Gasteiger partial charge in [0.2, 0.25) is 0 Å². The Kier molecular flexibility index (Phi) is 2.67. The Morgan fingerprint density at radius 2 is 1.92 bits per heavy atom. The average molecular weight is 175 g/mol. The zero-order valence-corrected chi connectivity index (χ0v) is 7.48. The first-order valence-electron chi connectivity index (χ1n) is 3.80. The van der Waals surface area contributed by atoms with Gasteiger partial charge in [-0.2, -0.15) is 0 Å². The zero-order chi connectivity index (χ0) is 9.84. The van der Waals surface area contributed by atoms with Crippen LogP contribution in [0, 0.1) is 13.8 Å². The van der Waals surface area contributed by atoms with Crippen LogP contribution in [-0.2, 0) is 0 Å². The van der Waals surface area contributed by atoms with Crippen molar-refractivity contribution in [3.8, 4) is 0 Å². The van der Waals surface area contributed by atoms with Gasteiger partial charge in [0.25, 0.3) is 0 Å². The van der Waals surface area contributed by atoms with E-state index in [9.17, 15) is 4.79 Å². The Morgan fingerprint density at radius 3 is 2.31 bits per heavy atom. The molecule has 0 saturated carbocycles. The van der Waals surface area contributed by atoms with E-state index < -0.39 is 0 Å². The van der Waals surface area contributed by atoms with Crippen molar-refractivity contribution in [2.75, 3.05) is 0 Å². The molecule has 0 spiro atoms. The summed E-state index contributed by atoms with van der Waals surface area (Å²) < 4.78 is 0. The lowest BCUT2D eigenvalue weighted by atomic mass is 10.1. The largest absolute Gasteiger partial charge is 0.298 e. The summed E-state index contributed by atoms with van der Waals surface area (Å²) in [6, 6.07) is 3.40. The van der Waals surface area contributed by atoms with Crippen molar-refractivity contribution in [1.29, 1.82) is 0 Å². The molecule has 0 unspecified atom stereocenters. The number of carbonyl (C=O) groups excluding carboxylic acids is 1. The highest BCUT2D eigenvalue weighted by Crippen LogP contribution is 2.24. The quantitative estimate of drug-likeness (QED) is 0.295. The fourth-order valence-electron chi connectivity index (χ4n) is 1.26. The second-order valence-electron chi connectivity index (χ2n) is 2.81. The number of rotatable bonds is 2. The summed E-state index contributed by atoms with van der Waals surface area (Å²) in [5, 5.41) is 3.55. The van der Waals surface area contributed by atoms with Crippen molar-refractivity contribution in [1.82, 2.24) is 0 Å².